The average molecular weight is 273 g/mol. The molecule has 0 spiro atoms. The number of ether oxygens (including phenoxy) is 1. The summed E-state index contributed by atoms with van der Waals surface area (Å²) in [6.45, 7) is 4.85. The van der Waals surface area contributed by atoms with Crippen LogP contribution in [0.15, 0.2) is 28.7 Å². The zero-order chi connectivity index (χ0) is 11.3. The molecule has 3 heteroatoms. The van der Waals surface area contributed by atoms with Crippen LogP contribution in [0.5, 0.6) is 0 Å². The highest BCUT2D eigenvalue weighted by Crippen LogP contribution is 2.27. The molecule has 1 N–H and O–H groups in total. The summed E-state index contributed by atoms with van der Waals surface area (Å²) in [7, 11) is 0. The Hall–Kier alpha value is -0.380. The van der Waals surface area contributed by atoms with Gasteiger partial charge in [-0.05, 0) is 31.0 Å². The van der Waals surface area contributed by atoms with E-state index in [1.165, 1.54) is 0 Å². The lowest BCUT2D eigenvalue weighted by Gasteiger charge is -2.27. The lowest BCUT2D eigenvalue weighted by atomic mass is 9.92. The number of aliphatic hydroxyl groups is 1. The summed E-state index contributed by atoms with van der Waals surface area (Å²) in [6.07, 6.45) is 0.642. The van der Waals surface area contributed by atoms with Gasteiger partial charge in [-0.25, -0.2) is 0 Å². The molecule has 0 aliphatic carbocycles. The predicted octanol–water partition coefficient (Wildman–Crippen LogP) is 3.08. The Balaban J connectivity index is 2.89. The molecule has 0 radical (unpaired) electrons. The number of benzene rings is 1. The largest absolute Gasteiger partial charge is 0.383 e. The maximum Gasteiger partial charge on any atom is 0.113 e. The molecule has 84 valence electrons. The highest BCUT2D eigenvalue weighted by molar-refractivity contribution is 9.10. The van der Waals surface area contributed by atoms with E-state index in [0.717, 1.165) is 10.0 Å². The minimum Gasteiger partial charge on any atom is -0.383 e. The molecule has 0 saturated heterocycles. The van der Waals surface area contributed by atoms with E-state index in [2.05, 4.69) is 15.9 Å². The fourth-order valence-electron chi connectivity index (χ4n) is 1.44. The van der Waals surface area contributed by atoms with Crippen molar-refractivity contribution < 1.29 is 9.84 Å². The minimum atomic E-state index is -0.875. The first-order chi connectivity index (χ1) is 7.12. The molecule has 1 rings (SSSR count). The quantitative estimate of drug-likeness (QED) is 0.893. The standard InChI is InChI=1S/C12H17BrO2/c1-3-12(14,9-15-4-2)10-6-5-7-11(13)8-10/h5-8,14H,3-4,9H2,1-2H3. The van der Waals surface area contributed by atoms with Crippen LogP contribution in [0.4, 0.5) is 0 Å². The third-order valence-corrected chi connectivity index (χ3v) is 2.99. The Bertz CT molecular complexity index is 314. The molecule has 0 saturated carbocycles. The summed E-state index contributed by atoms with van der Waals surface area (Å²) >= 11 is 3.40. The van der Waals surface area contributed by atoms with E-state index in [1.54, 1.807) is 0 Å². The molecule has 0 aliphatic rings. The van der Waals surface area contributed by atoms with Crippen LogP contribution in [0.2, 0.25) is 0 Å². The Kier molecular flexibility index (Phi) is 4.77. The van der Waals surface area contributed by atoms with Crippen molar-refractivity contribution in [1.82, 2.24) is 0 Å². The van der Waals surface area contributed by atoms with Crippen LogP contribution in [-0.4, -0.2) is 18.3 Å². The van der Waals surface area contributed by atoms with E-state index in [0.29, 0.717) is 19.6 Å². The van der Waals surface area contributed by atoms with Crippen molar-refractivity contribution in [2.45, 2.75) is 25.9 Å². The van der Waals surface area contributed by atoms with Gasteiger partial charge in [0.15, 0.2) is 0 Å². The molecule has 1 aromatic carbocycles. The van der Waals surface area contributed by atoms with E-state index in [-0.39, 0.29) is 0 Å². The zero-order valence-corrected chi connectivity index (χ0v) is 10.8. The number of hydrogen-bond acceptors (Lipinski definition) is 2. The van der Waals surface area contributed by atoms with Crippen LogP contribution in [0.3, 0.4) is 0 Å². The second-order valence-electron chi connectivity index (χ2n) is 3.53. The fourth-order valence-corrected chi connectivity index (χ4v) is 1.84. The van der Waals surface area contributed by atoms with Crippen molar-refractivity contribution in [2.24, 2.45) is 0 Å². The van der Waals surface area contributed by atoms with Crippen LogP contribution in [0.1, 0.15) is 25.8 Å². The zero-order valence-electron chi connectivity index (χ0n) is 9.16. The van der Waals surface area contributed by atoms with Crippen molar-refractivity contribution >= 4 is 15.9 Å². The van der Waals surface area contributed by atoms with E-state index in [9.17, 15) is 5.11 Å². The summed E-state index contributed by atoms with van der Waals surface area (Å²) in [4.78, 5) is 0. The van der Waals surface area contributed by atoms with Gasteiger partial charge < -0.3 is 9.84 Å². The summed E-state index contributed by atoms with van der Waals surface area (Å²) in [6, 6.07) is 7.72. The topological polar surface area (TPSA) is 29.5 Å². The molecule has 0 amide bonds. The van der Waals surface area contributed by atoms with Crippen LogP contribution in [0.25, 0.3) is 0 Å². The van der Waals surface area contributed by atoms with Gasteiger partial charge >= 0.3 is 0 Å². The molecule has 2 nitrogen and oxygen atoms in total. The van der Waals surface area contributed by atoms with E-state index >= 15 is 0 Å². The van der Waals surface area contributed by atoms with E-state index in [1.807, 2.05) is 38.1 Å². The lowest BCUT2D eigenvalue weighted by Crippen LogP contribution is -2.30. The second kappa shape index (κ2) is 5.64. The molecule has 1 aromatic rings. The molecular formula is C12H17BrO2. The van der Waals surface area contributed by atoms with Gasteiger partial charge in [0.25, 0.3) is 0 Å². The van der Waals surface area contributed by atoms with Gasteiger partial charge in [0, 0.05) is 11.1 Å². The molecule has 0 aromatic heterocycles. The van der Waals surface area contributed by atoms with Crippen molar-refractivity contribution in [2.75, 3.05) is 13.2 Å². The summed E-state index contributed by atoms with van der Waals surface area (Å²) in [5.74, 6) is 0. The van der Waals surface area contributed by atoms with Crippen molar-refractivity contribution in [3.8, 4) is 0 Å². The van der Waals surface area contributed by atoms with Crippen LogP contribution >= 0.6 is 15.9 Å². The predicted molar refractivity (Wildman–Crippen MR) is 64.8 cm³/mol. The molecule has 15 heavy (non-hydrogen) atoms. The third kappa shape index (κ3) is 3.30. The monoisotopic (exact) mass is 272 g/mol. The minimum absolute atomic E-state index is 0.344. The first-order valence-electron chi connectivity index (χ1n) is 5.18. The lowest BCUT2D eigenvalue weighted by molar-refractivity contribution is -0.0506. The van der Waals surface area contributed by atoms with E-state index in [4.69, 9.17) is 4.74 Å². The van der Waals surface area contributed by atoms with Crippen LogP contribution in [0, 0.1) is 0 Å². The van der Waals surface area contributed by atoms with Gasteiger partial charge in [-0.2, -0.15) is 0 Å². The van der Waals surface area contributed by atoms with Crippen LogP contribution in [-0.2, 0) is 10.3 Å². The average Bonchev–Trinajstić information content (AvgIpc) is 2.26. The number of rotatable bonds is 5. The van der Waals surface area contributed by atoms with Gasteiger partial charge in [-0.3, -0.25) is 0 Å². The highest BCUT2D eigenvalue weighted by Gasteiger charge is 2.27. The van der Waals surface area contributed by atoms with Gasteiger partial charge in [-0.15, -0.1) is 0 Å². The number of halogens is 1. The first kappa shape index (κ1) is 12.7. The Labute approximate surface area is 99.4 Å². The molecule has 0 bridgehead atoms. The normalized spacial score (nSPS) is 14.9. The summed E-state index contributed by atoms with van der Waals surface area (Å²) < 4.78 is 6.29. The van der Waals surface area contributed by atoms with Crippen LogP contribution < -0.4 is 0 Å². The van der Waals surface area contributed by atoms with Gasteiger partial charge in [-0.1, -0.05) is 35.0 Å². The molecule has 0 fully saturated rings. The highest BCUT2D eigenvalue weighted by atomic mass is 79.9. The second-order valence-corrected chi connectivity index (χ2v) is 4.45. The van der Waals surface area contributed by atoms with E-state index < -0.39 is 5.60 Å². The maximum absolute atomic E-state index is 10.4. The fraction of sp³-hybridized carbons (Fsp3) is 0.500. The SMILES string of the molecule is CCOCC(O)(CC)c1cccc(Br)c1. The number of hydrogen-bond donors (Lipinski definition) is 1. The maximum atomic E-state index is 10.4. The Morgan fingerprint density at radius 2 is 2.13 bits per heavy atom. The van der Waals surface area contributed by atoms with Gasteiger partial charge in [0.2, 0.25) is 0 Å². The van der Waals surface area contributed by atoms with Crippen molar-refractivity contribution in [1.29, 1.82) is 0 Å². The van der Waals surface area contributed by atoms with Gasteiger partial charge in [0.1, 0.15) is 5.60 Å². The summed E-state index contributed by atoms with van der Waals surface area (Å²) in [5, 5.41) is 10.4. The molecular weight excluding hydrogens is 256 g/mol. The molecule has 1 atom stereocenters. The molecule has 1 unspecified atom stereocenters. The Morgan fingerprint density at radius 1 is 1.40 bits per heavy atom. The smallest absolute Gasteiger partial charge is 0.113 e. The van der Waals surface area contributed by atoms with Crippen molar-refractivity contribution in [3.63, 3.8) is 0 Å². The molecule has 0 heterocycles. The third-order valence-electron chi connectivity index (χ3n) is 2.49. The van der Waals surface area contributed by atoms with Crippen molar-refractivity contribution in [3.05, 3.63) is 34.3 Å². The Morgan fingerprint density at radius 3 is 2.67 bits per heavy atom. The molecule has 0 aliphatic heterocycles. The first-order valence-corrected chi connectivity index (χ1v) is 5.98. The summed E-state index contributed by atoms with van der Waals surface area (Å²) in [5.41, 5.74) is 0.0209. The van der Waals surface area contributed by atoms with Gasteiger partial charge in [0.05, 0.1) is 6.61 Å².